The Kier molecular flexibility index (Phi) is 5.92. The van der Waals surface area contributed by atoms with Crippen molar-refractivity contribution >= 4 is 10.1 Å². The number of hydrogen-bond acceptors (Lipinski definition) is 3. The Bertz CT molecular complexity index is 882. The summed E-state index contributed by atoms with van der Waals surface area (Å²) in [4.78, 5) is -2.11. The molecule has 1 N–H and O–H groups in total. The molecular weight excluding hydrogens is 376 g/mol. The largest absolute Gasteiger partial charge is 0.451 e. The lowest BCUT2D eigenvalue weighted by atomic mass is 9.97. The molecule has 0 aliphatic heterocycles. The van der Waals surface area contributed by atoms with Crippen molar-refractivity contribution in [2.24, 2.45) is 0 Å². The second-order valence-electron chi connectivity index (χ2n) is 5.75. The molecule has 142 valence electrons. The van der Waals surface area contributed by atoms with Crippen LogP contribution in [-0.2, 0) is 10.1 Å². The first-order chi connectivity index (χ1) is 12.1. The van der Waals surface area contributed by atoms with Crippen molar-refractivity contribution in [2.45, 2.75) is 37.5 Å². The second-order valence-corrected chi connectivity index (χ2v) is 7.11. The molecule has 2 aromatic rings. The highest BCUT2D eigenvalue weighted by molar-refractivity contribution is 7.85. The van der Waals surface area contributed by atoms with Crippen LogP contribution < -0.4 is 4.74 Å². The zero-order valence-corrected chi connectivity index (χ0v) is 14.7. The molecule has 0 aliphatic rings. The number of rotatable bonds is 6. The molecule has 9 heteroatoms. The Morgan fingerprint density at radius 2 is 1.50 bits per heavy atom. The highest BCUT2D eigenvalue weighted by Crippen LogP contribution is 2.35. The fraction of sp³-hybridized carbons (Fsp3) is 0.294. The van der Waals surface area contributed by atoms with Gasteiger partial charge in [-0.05, 0) is 30.0 Å². The van der Waals surface area contributed by atoms with Crippen molar-refractivity contribution in [1.82, 2.24) is 0 Å². The van der Waals surface area contributed by atoms with Gasteiger partial charge in [-0.1, -0.05) is 32.4 Å². The molecule has 0 heterocycles. The van der Waals surface area contributed by atoms with Gasteiger partial charge in [-0.15, -0.1) is 0 Å². The Labute approximate surface area is 148 Å². The summed E-state index contributed by atoms with van der Waals surface area (Å²) in [6, 6.07) is 6.02. The molecule has 1 atom stereocenters. The van der Waals surface area contributed by atoms with Crippen molar-refractivity contribution in [2.75, 3.05) is 0 Å². The lowest BCUT2D eigenvalue weighted by Gasteiger charge is -2.13. The summed E-state index contributed by atoms with van der Waals surface area (Å²) in [7, 11) is -5.50. The highest BCUT2D eigenvalue weighted by Gasteiger charge is 2.33. The van der Waals surface area contributed by atoms with Crippen LogP contribution in [0.25, 0.3) is 0 Å². The number of ether oxygens (including phenoxy) is 1. The molecule has 4 nitrogen and oxygen atoms in total. The van der Waals surface area contributed by atoms with Gasteiger partial charge < -0.3 is 4.74 Å². The van der Waals surface area contributed by atoms with Crippen LogP contribution in [0.2, 0.25) is 0 Å². The lowest BCUT2D eigenvalue weighted by Crippen LogP contribution is -2.11. The molecule has 0 bridgehead atoms. The van der Waals surface area contributed by atoms with Crippen molar-refractivity contribution in [1.29, 1.82) is 0 Å². The molecule has 0 saturated heterocycles. The summed E-state index contributed by atoms with van der Waals surface area (Å²) < 4.78 is 90.8. The summed E-state index contributed by atoms with van der Waals surface area (Å²) in [5.74, 6) is -9.98. The maximum Gasteiger partial charge on any atom is 0.300 e. The first kappa shape index (κ1) is 20.2. The minimum atomic E-state index is -5.50. The van der Waals surface area contributed by atoms with E-state index in [1.165, 1.54) is 12.1 Å². The van der Waals surface area contributed by atoms with Crippen LogP contribution in [0.1, 0.15) is 38.2 Å². The lowest BCUT2D eigenvalue weighted by molar-refractivity contribution is 0.346. The van der Waals surface area contributed by atoms with Gasteiger partial charge in [0.05, 0.1) is 0 Å². The Hall–Kier alpha value is -2.13. The molecule has 0 fully saturated rings. The third kappa shape index (κ3) is 3.99. The van der Waals surface area contributed by atoms with Crippen LogP contribution in [0.3, 0.4) is 0 Å². The standard InChI is InChI=1S/C17H16F4O4S/c1-3-4-9(2)10-5-7-11(8-6-10)25-16-12(18)14(20)17(26(22,23)24)15(21)13(16)19/h5-9H,3-4H2,1-2H3,(H,22,23,24). The molecule has 2 aromatic carbocycles. The van der Waals surface area contributed by atoms with Gasteiger partial charge in [0.2, 0.25) is 17.4 Å². The average molecular weight is 392 g/mol. The molecular formula is C17H16F4O4S. The van der Waals surface area contributed by atoms with E-state index in [1.54, 1.807) is 12.1 Å². The Morgan fingerprint density at radius 1 is 1.00 bits per heavy atom. The van der Waals surface area contributed by atoms with Crippen LogP contribution in [0.5, 0.6) is 11.5 Å². The van der Waals surface area contributed by atoms with E-state index in [9.17, 15) is 26.0 Å². The van der Waals surface area contributed by atoms with Crippen molar-refractivity contribution in [3.05, 3.63) is 53.1 Å². The summed E-state index contributed by atoms with van der Waals surface area (Å²) in [6.45, 7) is 4.02. The second kappa shape index (κ2) is 7.63. The predicted molar refractivity (Wildman–Crippen MR) is 85.9 cm³/mol. The van der Waals surface area contributed by atoms with E-state index in [-0.39, 0.29) is 11.7 Å². The molecule has 0 spiro atoms. The monoisotopic (exact) mass is 392 g/mol. The fourth-order valence-corrected chi connectivity index (χ4v) is 3.12. The minimum Gasteiger partial charge on any atom is -0.451 e. The molecule has 0 aromatic heterocycles. The van der Waals surface area contributed by atoms with Gasteiger partial charge in [0, 0.05) is 0 Å². The smallest absolute Gasteiger partial charge is 0.300 e. The quantitative estimate of drug-likeness (QED) is 0.418. The van der Waals surface area contributed by atoms with Crippen LogP contribution in [0.15, 0.2) is 29.2 Å². The summed E-state index contributed by atoms with van der Waals surface area (Å²) in [6.07, 6.45) is 1.89. The van der Waals surface area contributed by atoms with Gasteiger partial charge in [-0.3, -0.25) is 4.55 Å². The van der Waals surface area contributed by atoms with E-state index >= 15 is 0 Å². The Morgan fingerprint density at radius 3 is 1.92 bits per heavy atom. The van der Waals surface area contributed by atoms with Crippen molar-refractivity contribution in [3.8, 4) is 11.5 Å². The topological polar surface area (TPSA) is 63.6 Å². The average Bonchev–Trinajstić information content (AvgIpc) is 2.56. The van der Waals surface area contributed by atoms with E-state index in [1.807, 2.05) is 13.8 Å². The first-order valence-corrected chi connectivity index (χ1v) is 9.13. The summed E-state index contributed by atoms with van der Waals surface area (Å²) >= 11 is 0. The number of halogens is 4. The normalized spacial score (nSPS) is 12.9. The molecule has 1 unspecified atom stereocenters. The first-order valence-electron chi connectivity index (χ1n) is 7.69. The molecule has 26 heavy (non-hydrogen) atoms. The maximum absolute atomic E-state index is 13.9. The van der Waals surface area contributed by atoms with Crippen molar-refractivity contribution in [3.63, 3.8) is 0 Å². The molecule has 2 rings (SSSR count). The maximum atomic E-state index is 13.9. The summed E-state index contributed by atoms with van der Waals surface area (Å²) in [5.41, 5.74) is 0.944. The Balaban J connectivity index is 2.42. The van der Waals surface area contributed by atoms with Crippen LogP contribution >= 0.6 is 0 Å². The number of hydrogen-bond donors (Lipinski definition) is 1. The summed E-state index contributed by atoms with van der Waals surface area (Å²) in [5, 5.41) is 0. The SMILES string of the molecule is CCCC(C)c1ccc(Oc2c(F)c(F)c(S(=O)(=O)O)c(F)c2F)cc1. The third-order valence-electron chi connectivity index (χ3n) is 3.83. The minimum absolute atomic E-state index is 0.103. The van der Waals surface area contributed by atoms with E-state index in [0.29, 0.717) is 0 Å². The predicted octanol–water partition coefficient (Wildman–Crippen LogP) is 5.19. The molecule has 0 amide bonds. The molecule has 0 radical (unpaired) electrons. The third-order valence-corrected chi connectivity index (χ3v) is 4.71. The van der Waals surface area contributed by atoms with Gasteiger partial charge in [0.15, 0.2) is 16.5 Å². The van der Waals surface area contributed by atoms with Gasteiger partial charge in [0.1, 0.15) is 5.75 Å². The van der Waals surface area contributed by atoms with Crippen LogP contribution in [-0.4, -0.2) is 13.0 Å². The van der Waals surface area contributed by atoms with E-state index in [2.05, 4.69) is 0 Å². The zero-order valence-electron chi connectivity index (χ0n) is 13.9. The number of benzene rings is 2. The molecule has 0 aliphatic carbocycles. The molecule has 0 saturated carbocycles. The van der Waals surface area contributed by atoms with Gasteiger partial charge in [-0.25, -0.2) is 8.78 Å². The van der Waals surface area contributed by atoms with Gasteiger partial charge in [-0.2, -0.15) is 17.2 Å². The van der Waals surface area contributed by atoms with E-state index in [4.69, 9.17) is 9.29 Å². The zero-order chi connectivity index (χ0) is 19.6. The fourth-order valence-electron chi connectivity index (χ4n) is 2.49. The van der Waals surface area contributed by atoms with Gasteiger partial charge in [0.25, 0.3) is 0 Å². The van der Waals surface area contributed by atoms with Crippen LogP contribution in [0, 0.1) is 23.3 Å². The van der Waals surface area contributed by atoms with Crippen LogP contribution in [0.4, 0.5) is 17.6 Å². The van der Waals surface area contributed by atoms with Gasteiger partial charge >= 0.3 is 10.1 Å². The van der Waals surface area contributed by atoms with Crippen molar-refractivity contribution < 1.29 is 35.3 Å². The van der Waals surface area contributed by atoms with E-state index in [0.717, 1.165) is 18.4 Å². The van der Waals surface area contributed by atoms with E-state index < -0.39 is 44.0 Å². The highest BCUT2D eigenvalue weighted by atomic mass is 32.2.